The lowest BCUT2D eigenvalue weighted by Gasteiger charge is -2.18. The number of ether oxygens (including phenoxy) is 1. The van der Waals surface area contributed by atoms with E-state index >= 15 is 0 Å². The van der Waals surface area contributed by atoms with Gasteiger partial charge in [0.2, 0.25) is 5.88 Å². The number of carbonyl (C=O) groups is 1. The standard InChI is InChI=1S/C21H28N4O2/c1-16(2)27-20-19(10-7-11-22-20)24-21(26)23-14-17-8-3-4-9-18(17)15-25-12-5-6-13-25/h3-4,7-11,16H,5-6,12-15H2,1-2H3,(H2,23,24,26). The number of nitrogens with one attached hydrogen (secondary N) is 2. The van der Waals surface area contributed by atoms with E-state index in [0.29, 0.717) is 18.1 Å². The van der Waals surface area contributed by atoms with Crippen molar-refractivity contribution in [1.29, 1.82) is 0 Å². The van der Waals surface area contributed by atoms with Gasteiger partial charge < -0.3 is 15.4 Å². The molecule has 6 heteroatoms. The Morgan fingerprint density at radius 1 is 1.15 bits per heavy atom. The SMILES string of the molecule is CC(C)Oc1ncccc1NC(=O)NCc1ccccc1CN1CCCC1. The number of amides is 2. The minimum absolute atomic E-state index is 0.0130. The first kappa shape index (κ1) is 19.2. The van der Waals surface area contributed by atoms with Crippen molar-refractivity contribution < 1.29 is 9.53 Å². The van der Waals surface area contributed by atoms with E-state index < -0.39 is 0 Å². The molecule has 1 aromatic heterocycles. The van der Waals surface area contributed by atoms with Crippen molar-refractivity contribution in [2.45, 2.75) is 45.9 Å². The van der Waals surface area contributed by atoms with Crippen LogP contribution >= 0.6 is 0 Å². The summed E-state index contributed by atoms with van der Waals surface area (Å²) < 4.78 is 5.64. The van der Waals surface area contributed by atoms with E-state index in [0.717, 1.165) is 25.2 Å². The van der Waals surface area contributed by atoms with Gasteiger partial charge in [-0.15, -0.1) is 0 Å². The number of rotatable bonds is 7. The van der Waals surface area contributed by atoms with Crippen LogP contribution in [0, 0.1) is 0 Å². The normalized spacial score (nSPS) is 14.3. The molecule has 0 unspecified atom stereocenters. The Balaban J connectivity index is 1.58. The monoisotopic (exact) mass is 368 g/mol. The summed E-state index contributed by atoms with van der Waals surface area (Å²) in [5, 5.41) is 5.77. The lowest BCUT2D eigenvalue weighted by Crippen LogP contribution is -2.29. The molecule has 27 heavy (non-hydrogen) atoms. The van der Waals surface area contributed by atoms with Crippen molar-refractivity contribution in [3.63, 3.8) is 0 Å². The highest BCUT2D eigenvalue weighted by atomic mass is 16.5. The summed E-state index contributed by atoms with van der Waals surface area (Å²) in [5.74, 6) is 0.428. The van der Waals surface area contributed by atoms with Crippen LogP contribution in [0.15, 0.2) is 42.6 Å². The van der Waals surface area contributed by atoms with Crippen LogP contribution in [-0.4, -0.2) is 35.1 Å². The van der Waals surface area contributed by atoms with Gasteiger partial charge in [0.1, 0.15) is 5.69 Å². The van der Waals surface area contributed by atoms with Crippen molar-refractivity contribution in [2.24, 2.45) is 0 Å². The highest BCUT2D eigenvalue weighted by molar-refractivity contribution is 5.90. The third kappa shape index (κ3) is 5.69. The lowest BCUT2D eigenvalue weighted by molar-refractivity contribution is 0.233. The number of benzene rings is 1. The molecule has 1 aliphatic heterocycles. The number of carbonyl (C=O) groups excluding carboxylic acids is 1. The van der Waals surface area contributed by atoms with Crippen molar-refractivity contribution >= 4 is 11.7 Å². The van der Waals surface area contributed by atoms with E-state index in [1.807, 2.05) is 19.9 Å². The average Bonchev–Trinajstić information content (AvgIpc) is 3.15. The quantitative estimate of drug-likeness (QED) is 0.780. The number of nitrogens with zero attached hydrogens (tertiary/aromatic N) is 2. The molecule has 2 N–H and O–H groups in total. The van der Waals surface area contributed by atoms with Crippen molar-refractivity contribution in [1.82, 2.24) is 15.2 Å². The number of hydrogen-bond acceptors (Lipinski definition) is 4. The van der Waals surface area contributed by atoms with Gasteiger partial charge in [-0.05, 0) is 63.0 Å². The summed E-state index contributed by atoms with van der Waals surface area (Å²) in [6, 6.07) is 11.6. The topological polar surface area (TPSA) is 66.5 Å². The minimum atomic E-state index is -0.271. The molecule has 1 saturated heterocycles. The molecule has 1 fully saturated rings. The van der Waals surface area contributed by atoms with Gasteiger partial charge in [-0.3, -0.25) is 4.90 Å². The smallest absolute Gasteiger partial charge is 0.319 e. The molecule has 0 aliphatic carbocycles. The van der Waals surface area contributed by atoms with Crippen LogP contribution in [0.1, 0.15) is 37.8 Å². The first-order valence-electron chi connectivity index (χ1n) is 9.57. The molecule has 3 rings (SSSR count). The van der Waals surface area contributed by atoms with Crippen LogP contribution in [0.2, 0.25) is 0 Å². The predicted molar refractivity (Wildman–Crippen MR) is 107 cm³/mol. The fraction of sp³-hybridized carbons (Fsp3) is 0.429. The molecule has 0 spiro atoms. The molecule has 0 atom stereocenters. The Bertz CT molecular complexity index is 757. The van der Waals surface area contributed by atoms with E-state index in [1.165, 1.54) is 18.4 Å². The Hall–Kier alpha value is -2.60. The van der Waals surface area contributed by atoms with Gasteiger partial charge in [0.25, 0.3) is 0 Å². The number of likely N-dealkylation sites (tertiary alicyclic amines) is 1. The predicted octanol–water partition coefficient (Wildman–Crippen LogP) is 3.79. The first-order chi connectivity index (χ1) is 13.1. The second-order valence-corrected chi connectivity index (χ2v) is 7.08. The molecule has 0 bridgehead atoms. The van der Waals surface area contributed by atoms with Crippen LogP contribution in [0.3, 0.4) is 0 Å². The van der Waals surface area contributed by atoms with Gasteiger partial charge in [-0.2, -0.15) is 0 Å². The number of anilines is 1. The lowest BCUT2D eigenvalue weighted by atomic mass is 10.1. The van der Waals surface area contributed by atoms with Crippen LogP contribution < -0.4 is 15.4 Å². The zero-order valence-corrected chi connectivity index (χ0v) is 16.1. The third-order valence-corrected chi connectivity index (χ3v) is 4.52. The molecule has 6 nitrogen and oxygen atoms in total. The molecule has 1 aromatic carbocycles. The average molecular weight is 368 g/mol. The Morgan fingerprint density at radius 3 is 2.63 bits per heavy atom. The van der Waals surface area contributed by atoms with Crippen molar-refractivity contribution in [3.05, 3.63) is 53.7 Å². The molecule has 0 radical (unpaired) electrons. The van der Waals surface area contributed by atoms with Crippen molar-refractivity contribution in [2.75, 3.05) is 18.4 Å². The van der Waals surface area contributed by atoms with Gasteiger partial charge in [-0.1, -0.05) is 24.3 Å². The van der Waals surface area contributed by atoms with E-state index in [2.05, 4.69) is 38.7 Å². The number of aromatic nitrogens is 1. The molecule has 2 aromatic rings. The highest BCUT2D eigenvalue weighted by Gasteiger charge is 2.14. The maximum absolute atomic E-state index is 12.4. The van der Waals surface area contributed by atoms with Crippen LogP contribution in [-0.2, 0) is 13.1 Å². The maximum atomic E-state index is 12.4. The van der Waals surface area contributed by atoms with Gasteiger partial charge >= 0.3 is 6.03 Å². The third-order valence-electron chi connectivity index (χ3n) is 4.52. The number of hydrogen-bond donors (Lipinski definition) is 2. The summed E-state index contributed by atoms with van der Waals surface area (Å²) >= 11 is 0. The van der Waals surface area contributed by atoms with E-state index in [4.69, 9.17) is 4.74 Å². The fourth-order valence-corrected chi connectivity index (χ4v) is 3.21. The van der Waals surface area contributed by atoms with E-state index in [9.17, 15) is 4.79 Å². The zero-order valence-electron chi connectivity index (χ0n) is 16.1. The molecule has 2 heterocycles. The molecule has 144 valence electrons. The van der Waals surface area contributed by atoms with Gasteiger partial charge in [0.15, 0.2) is 0 Å². The minimum Gasteiger partial charge on any atom is -0.473 e. The summed E-state index contributed by atoms with van der Waals surface area (Å²) in [7, 11) is 0. The Morgan fingerprint density at radius 2 is 1.89 bits per heavy atom. The summed E-state index contributed by atoms with van der Waals surface area (Å²) in [6.45, 7) is 7.58. The fourth-order valence-electron chi connectivity index (χ4n) is 3.21. The summed E-state index contributed by atoms with van der Waals surface area (Å²) in [6.07, 6.45) is 4.18. The number of pyridine rings is 1. The zero-order chi connectivity index (χ0) is 19.1. The van der Waals surface area contributed by atoms with Gasteiger partial charge in [0.05, 0.1) is 6.10 Å². The maximum Gasteiger partial charge on any atom is 0.319 e. The summed E-state index contributed by atoms with van der Waals surface area (Å²) in [5.41, 5.74) is 2.98. The van der Waals surface area contributed by atoms with Gasteiger partial charge in [-0.25, -0.2) is 9.78 Å². The largest absolute Gasteiger partial charge is 0.473 e. The molecule has 0 saturated carbocycles. The van der Waals surface area contributed by atoms with Crippen LogP contribution in [0.5, 0.6) is 5.88 Å². The molecular formula is C21H28N4O2. The van der Waals surface area contributed by atoms with Crippen LogP contribution in [0.4, 0.5) is 10.5 Å². The highest BCUT2D eigenvalue weighted by Crippen LogP contribution is 2.21. The molecule has 1 aliphatic rings. The second-order valence-electron chi connectivity index (χ2n) is 7.08. The Kier molecular flexibility index (Phi) is 6.65. The first-order valence-corrected chi connectivity index (χ1v) is 9.57. The summed E-state index contributed by atoms with van der Waals surface area (Å²) in [4.78, 5) is 19.0. The molecular weight excluding hydrogens is 340 g/mol. The van der Waals surface area contributed by atoms with E-state index in [-0.39, 0.29) is 12.1 Å². The molecule has 2 amide bonds. The number of urea groups is 1. The second kappa shape index (κ2) is 9.37. The van der Waals surface area contributed by atoms with E-state index in [1.54, 1.807) is 18.3 Å². The van der Waals surface area contributed by atoms with Crippen LogP contribution in [0.25, 0.3) is 0 Å². The Labute approximate surface area is 160 Å². The van der Waals surface area contributed by atoms with Gasteiger partial charge in [0, 0.05) is 19.3 Å². The van der Waals surface area contributed by atoms with Crippen molar-refractivity contribution in [3.8, 4) is 5.88 Å².